The largest absolute Gasteiger partial charge is 0.490 e. The van der Waals surface area contributed by atoms with Gasteiger partial charge in [0.1, 0.15) is 36.1 Å². The number of aliphatic hydroxyl groups excluding tert-OH is 3. The van der Waals surface area contributed by atoms with Crippen LogP contribution >= 0.6 is 23.5 Å². The van der Waals surface area contributed by atoms with Crippen LogP contribution in [0.1, 0.15) is 19.6 Å². The summed E-state index contributed by atoms with van der Waals surface area (Å²) in [5, 5.41) is 34.2. The molecule has 6 unspecified atom stereocenters. The first-order chi connectivity index (χ1) is 23.7. The number of guanidine groups is 1. The molecule has 26 nitrogen and oxygen atoms in total. The van der Waals surface area contributed by atoms with E-state index in [9.17, 15) is 48.5 Å². The van der Waals surface area contributed by atoms with E-state index in [-0.39, 0.29) is 42.1 Å². The number of fused-ring (bicyclic) bond motifs is 1. The number of phosphoric ester groups is 2. The van der Waals surface area contributed by atoms with Gasteiger partial charge in [-0.1, -0.05) is 6.92 Å². The normalized spacial score (nSPS) is 33.1. The number of H-pyrrole nitrogens is 1. The molecule has 0 radical (unpaired) electrons. The second-order valence-corrected chi connectivity index (χ2v) is 16.5. The van der Waals surface area contributed by atoms with E-state index in [0.29, 0.717) is 11.5 Å². The van der Waals surface area contributed by atoms with Crippen molar-refractivity contribution >= 4 is 46.5 Å². The maximum absolute atomic E-state index is 12.5. The summed E-state index contributed by atoms with van der Waals surface area (Å²) in [5.74, 6) is -0.0370. The summed E-state index contributed by atoms with van der Waals surface area (Å²) in [6.45, 7) is 0.450. The van der Waals surface area contributed by atoms with Gasteiger partial charge in [-0.05, 0) is 6.42 Å². The van der Waals surface area contributed by atoms with Crippen molar-refractivity contribution < 1.29 is 70.8 Å². The molecule has 0 aliphatic carbocycles. The minimum Gasteiger partial charge on any atom is -0.387 e. The van der Waals surface area contributed by atoms with Crippen LogP contribution in [0.3, 0.4) is 0 Å². The summed E-state index contributed by atoms with van der Waals surface area (Å²) in [7, 11) is -15.2. The van der Waals surface area contributed by atoms with Gasteiger partial charge in [0.25, 0.3) is 5.56 Å². The Hall–Kier alpha value is -3.03. The number of phosphoric acid groups is 3. The van der Waals surface area contributed by atoms with Gasteiger partial charge in [0.15, 0.2) is 29.6 Å². The lowest BCUT2D eigenvalue weighted by Gasteiger charge is -2.31. The Balaban J connectivity index is 1.01. The van der Waals surface area contributed by atoms with E-state index in [0.717, 1.165) is 10.9 Å². The highest BCUT2D eigenvalue weighted by Gasteiger charge is 2.48. The van der Waals surface area contributed by atoms with Crippen LogP contribution in [0.25, 0.3) is 11.2 Å². The first-order valence-electron chi connectivity index (χ1n) is 14.8. The number of aromatic nitrogens is 4. The molecule has 2 aromatic rings. The van der Waals surface area contributed by atoms with E-state index in [1.54, 1.807) is 16.8 Å². The van der Waals surface area contributed by atoms with Crippen LogP contribution < -0.4 is 22.3 Å². The van der Waals surface area contributed by atoms with Crippen LogP contribution in [0.2, 0.25) is 0 Å². The molecule has 6 rings (SSSR count). The molecule has 0 saturated carbocycles. The van der Waals surface area contributed by atoms with E-state index in [1.807, 2.05) is 6.92 Å². The van der Waals surface area contributed by atoms with Gasteiger partial charge >= 0.3 is 23.5 Å². The van der Waals surface area contributed by atoms with Crippen LogP contribution in [-0.4, -0.2) is 129 Å². The van der Waals surface area contributed by atoms with Crippen LogP contribution in [0.4, 0.5) is 5.95 Å². The average Bonchev–Trinajstić information content (AvgIpc) is 3.74. The minimum atomic E-state index is -5.86. The van der Waals surface area contributed by atoms with Gasteiger partial charge in [0.05, 0.1) is 32.3 Å². The molecule has 12 N–H and O–H groups in total. The van der Waals surface area contributed by atoms with Crippen molar-refractivity contribution in [3.8, 4) is 0 Å². The Morgan fingerprint density at radius 3 is 2.35 bits per heavy atom. The summed E-state index contributed by atoms with van der Waals surface area (Å²) in [5.41, 5.74) is 10.8. The zero-order chi connectivity index (χ0) is 37.2. The molecule has 0 aromatic carbocycles. The average molecular weight is 788 g/mol. The maximum atomic E-state index is 12.5. The van der Waals surface area contributed by atoms with Crippen LogP contribution in [-0.2, 0) is 40.8 Å². The van der Waals surface area contributed by atoms with Gasteiger partial charge in [0, 0.05) is 13.0 Å². The Labute approximate surface area is 286 Å². The summed E-state index contributed by atoms with van der Waals surface area (Å²) in [6, 6.07) is 0. The third-order valence-corrected chi connectivity index (χ3v) is 12.4. The van der Waals surface area contributed by atoms with E-state index in [4.69, 9.17) is 25.5 Å². The fraction of sp³-hybridized carbons (Fsp3) is 0.636. The van der Waals surface area contributed by atoms with Gasteiger partial charge in [0.2, 0.25) is 5.95 Å². The van der Waals surface area contributed by atoms with Crippen LogP contribution in [0.15, 0.2) is 27.6 Å². The van der Waals surface area contributed by atoms with Crippen molar-refractivity contribution in [2.45, 2.75) is 56.4 Å². The molecule has 4 aliphatic rings. The van der Waals surface area contributed by atoms with Crippen molar-refractivity contribution in [1.82, 2.24) is 34.6 Å². The Morgan fingerprint density at radius 1 is 1.00 bits per heavy atom. The number of hydrogen-bond acceptors (Lipinski definition) is 21. The van der Waals surface area contributed by atoms with Crippen molar-refractivity contribution in [3.05, 3.63) is 28.2 Å². The smallest absolute Gasteiger partial charge is 0.387 e. The van der Waals surface area contributed by atoms with Crippen molar-refractivity contribution in [2.24, 2.45) is 16.6 Å². The lowest BCUT2D eigenvalue weighted by molar-refractivity contribution is -0.0691. The maximum Gasteiger partial charge on any atom is 0.490 e. The highest BCUT2D eigenvalue weighted by Crippen LogP contribution is 2.67. The molecule has 2 saturated heterocycles. The number of aliphatic imine (C=N–C) groups is 1. The van der Waals surface area contributed by atoms with E-state index < -0.39 is 85.3 Å². The fourth-order valence-corrected chi connectivity index (χ4v) is 9.55. The number of nitrogens with one attached hydrogen (secondary N) is 2. The molecule has 2 aromatic heterocycles. The number of aromatic amines is 1. The molecule has 0 spiro atoms. The van der Waals surface area contributed by atoms with E-state index in [1.165, 1.54) is 0 Å². The number of hydrogen-bond donors (Lipinski definition) is 10. The number of rotatable bonds is 12. The van der Waals surface area contributed by atoms with Gasteiger partial charge in [-0.2, -0.15) is 13.6 Å². The van der Waals surface area contributed by atoms with Crippen molar-refractivity contribution in [1.29, 1.82) is 0 Å². The van der Waals surface area contributed by atoms with E-state index in [2.05, 4.69) is 38.4 Å². The standard InChI is InChI=1S/C22H35N10O16P3/c1-8-3-9(45-19(8)32-7-30(2)12-16(32)27-22(24)29-18(12)36)4-43-49(37,38)47-51(41,42)48-50(39,40)44-5-10-13(33)14(34)20(46-10)31-6-25-11-15(31)26-21(23)28-17(11)35/h6,8-10,13-14,18-20,33-34,36H,3-5,7H2,1-2H3,(H,37,38)(H,39,40)(H,41,42)(H3,24,27,29)(H3,23,26,28,35)/t8-,9-,10+,13?,14?,18?,19+,20+/m0/s1. The van der Waals surface area contributed by atoms with Crippen molar-refractivity contribution in [3.63, 3.8) is 0 Å². The van der Waals surface area contributed by atoms with Gasteiger partial charge in [-0.25, -0.2) is 23.7 Å². The summed E-state index contributed by atoms with van der Waals surface area (Å²) in [6.07, 6.45) is -7.83. The molecule has 2 fully saturated rings. The van der Waals surface area contributed by atoms with Gasteiger partial charge < -0.3 is 66.1 Å². The highest BCUT2D eigenvalue weighted by molar-refractivity contribution is 7.66. The fourth-order valence-electron chi connectivity index (χ4n) is 6.01. The third kappa shape index (κ3) is 7.85. The lowest BCUT2D eigenvalue weighted by Crippen LogP contribution is -2.46. The second kappa shape index (κ2) is 13.7. The minimum absolute atomic E-state index is 0.0147. The summed E-state index contributed by atoms with van der Waals surface area (Å²) >= 11 is 0. The predicted octanol–water partition coefficient (Wildman–Crippen LogP) is -2.95. The molecule has 6 heterocycles. The molecule has 0 bridgehead atoms. The first-order valence-corrected chi connectivity index (χ1v) is 19.3. The molecule has 51 heavy (non-hydrogen) atoms. The molecule has 11 atom stereocenters. The Kier molecular flexibility index (Phi) is 10.2. The SMILES string of the molecule is C[C@H]1C[C@@H](COP(=O)(O)OP(=O)(O)OP(=O)(O)OC[C@H]2O[C@@H](n3cnc4c(=O)[nH]c(N)nc43)C(O)C2O)O[C@H]1N1CN(C)C2=C1NC(N)=NC2O. The van der Waals surface area contributed by atoms with Crippen LogP contribution in [0.5, 0.6) is 0 Å². The molecular weight excluding hydrogens is 753 g/mol. The number of anilines is 1. The third-order valence-electron chi connectivity index (χ3n) is 8.12. The number of aliphatic hydroxyl groups is 3. The number of ether oxygens (including phenoxy) is 2. The zero-order valence-corrected chi connectivity index (χ0v) is 29.2. The zero-order valence-electron chi connectivity index (χ0n) is 26.5. The van der Waals surface area contributed by atoms with Gasteiger partial charge in [-0.15, -0.1) is 0 Å². The Morgan fingerprint density at radius 2 is 1.67 bits per heavy atom. The molecule has 29 heteroatoms. The summed E-state index contributed by atoms with van der Waals surface area (Å²) < 4.78 is 67.8. The number of imidazole rings is 1. The predicted molar refractivity (Wildman–Crippen MR) is 167 cm³/mol. The summed E-state index contributed by atoms with van der Waals surface area (Å²) in [4.78, 5) is 59.6. The Bertz CT molecular complexity index is 1940. The number of nitrogens with zero attached hydrogens (tertiary/aromatic N) is 6. The molecule has 0 amide bonds. The number of nitrogens with two attached hydrogens (primary N) is 2. The van der Waals surface area contributed by atoms with Crippen LogP contribution in [0, 0.1) is 5.92 Å². The molecule has 284 valence electrons. The highest BCUT2D eigenvalue weighted by atomic mass is 31.3. The molecular formula is C22H35N10O16P3. The lowest BCUT2D eigenvalue weighted by atomic mass is 10.1. The van der Waals surface area contributed by atoms with E-state index >= 15 is 0 Å². The number of nitrogen functional groups attached to an aromatic ring is 1. The quantitative estimate of drug-likeness (QED) is 0.0961. The topological polar surface area (TPSA) is 374 Å². The first kappa shape index (κ1) is 37.7. The second-order valence-electron chi connectivity index (χ2n) is 11.9. The number of likely N-dealkylation sites (N-methyl/N-ethyl adjacent to an activating group) is 1. The van der Waals surface area contributed by atoms with Gasteiger partial charge in [-0.3, -0.25) is 23.4 Å². The monoisotopic (exact) mass is 788 g/mol. The van der Waals surface area contributed by atoms with Crippen molar-refractivity contribution in [2.75, 3.05) is 32.7 Å². The molecule has 4 aliphatic heterocycles.